The van der Waals surface area contributed by atoms with E-state index in [0.717, 1.165) is 6.42 Å². The van der Waals surface area contributed by atoms with Gasteiger partial charge in [-0.15, -0.1) is 0 Å². The Morgan fingerprint density at radius 2 is 1.94 bits per heavy atom. The Labute approximate surface area is 100 Å². The molecule has 0 amide bonds. The lowest BCUT2D eigenvalue weighted by atomic mass is 9.94. The van der Waals surface area contributed by atoms with Gasteiger partial charge in [-0.3, -0.25) is 5.32 Å². The van der Waals surface area contributed by atoms with Crippen LogP contribution < -0.4 is 5.32 Å². The second-order valence-corrected chi connectivity index (χ2v) is 5.38. The molecule has 1 fully saturated rings. The van der Waals surface area contributed by atoms with Crippen molar-refractivity contribution in [3.05, 3.63) is 0 Å². The largest absolute Gasteiger partial charge is 0.297 e. The summed E-state index contributed by atoms with van der Waals surface area (Å²) in [5.74, 6) is 0. The van der Waals surface area contributed by atoms with Gasteiger partial charge >= 0.3 is 0 Å². The van der Waals surface area contributed by atoms with Crippen LogP contribution in [0.2, 0.25) is 0 Å². The van der Waals surface area contributed by atoms with Gasteiger partial charge in [0.2, 0.25) is 0 Å². The molecule has 1 atom stereocenters. The van der Waals surface area contributed by atoms with E-state index in [1.54, 1.807) is 0 Å². The number of hydrogen-bond donors (Lipinski definition) is 1. The van der Waals surface area contributed by atoms with Gasteiger partial charge in [0.25, 0.3) is 0 Å². The van der Waals surface area contributed by atoms with Crippen molar-refractivity contribution < 1.29 is 0 Å². The quantitative estimate of drug-likeness (QED) is 0.666. The van der Waals surface area contributed by atoms with E-state index >= 15 is 0 Å². The summed E-state index contributed by atoms with van der Waals surface area (Å²) in [6.07, 6.45) is 11.2. The fourth-order valence-corrected chi connectivity index (χ4v) is 2.59. The van der Waals surface area contributed by atoms with Crippen LogP contribution in [-0.2, 0) is 0 Å². The third-order valence-electron chi connectivity index (χ3n) is 3.65. The van der Waals surface area contributed by atoms with Gasteiger partial charge in [0, 0.05) is 6.04 Å². The standard InChI is InChI=1S/C14H26N2/c1-3-4-5-8-11-14(2,12-15)16-13-9-6-7-10-13/h13,16H,3-11H2,1-2H3. The highest BCUT2D eigenvalue weighted by molar-refractivity contribution is 5.05. The predicted molar refractivity (Wildman–Crippen MR) is 68.2 cm³/mol. The molecule has 0 bridgehead atoms. The molecule has 2 heteroatoms. The topological polar surface area (TPSA) is 35.8 Å². The molecule has 0 saturated heterocycles. The van der Waals surface area contributed by atoms with Crippen molar-refractivity contribution in [3.8, 4) is 6.07 Å². The summed E-state index contributed by atoms with van der Waals surface area (Å²) in [5, 5.41) is 12.8. The maximum Gasteiger partial charge on any atom is 0.104 e. The van der Waals surface area contributed by atoms with Crippen molar-refractivity contribution >= 4 is 0 Å². The minimum atomic E-state index is -0.289. The maximum absolute atomic E-state index is 9.29. The number of hydrogen-bond acceptors (Lipinski definition) is 2. The molecular weight excluding hydrogens is 196 g/mol. The minimum absolute atomic E-state index is 0.289. The lowest BCUT2D eigenvalue weighted by Gasteiger charge is -2.27. The van der Waals surface area contributed by atoms with Crippen molar-refractivity contribution in [2.75, 3.05) is 0 Å². The predicted octanol–water partition coefficient (Wildman–Crippen LogP) is 3.77. The fourth-order valence-electron chi connectivity index (χ4n) is 2.59. The van der Waals surface area contributed by atoms with Gasteiger partial charge in [-0.2, -0.15) is 5.26 Å². The van der Waals surface area contributed by atoms with Crippen molar-refractivity contribution in [2.24, 2.45) is 0 Å². The second kappa shape index (κ2) is 6.91. The summed E-state index contributed by atoms with van der Waals surface area (Å²) in [7, 11) is 0. The van der Waals surface area contributed by atoms with Crippen LogP contribution in [0.3, 0.4) is 0 Å². The molecule has 1 aliphatic rings. The van der Waals surface area contributed by atoms with E-state index in [1.165, 1.54) is 51.4 Å². The summed E-state index contributed by atoms with van der Waals surface area (Å²) in [6.45, 7) is 4.29. The summed E-state index contributed by atoms with van der Waals surface area (Å²) in [5.41, 5.74) is -0.289. The van der Waals surface area contributed by atoms with Crippen LogP contribution in [0.4, 0.5) is 0 Å². The molecule has 0 aromatic carbocycles. The second-order valence-electron chi connectivity index (χ2n) is 5.38. The van der Waals surface area contributed by atoms with Crippen molar-refractivity contribution in [1.29, 1.82) is 5.26 Å². The van der Waals surface area contributed by atoms with Gasteiger partial charge in [0.15, 0.2) is 0 Å². The van der Waals surface area contributed by atoms with E-state index in [0.29, 0.717) is 6.04 Å². The Hall–Kier alpha value is -0.550. The van der Waals surface area contributed by atoms with Crippen LogP contribution in [0, 0.1) is 11.3 Å². The first-order valence-electron chi connectivity index (χ1n) is 6.89. The zero-order valence-corrected chi connectivity index (χ0v) is 10.9. The molecule has 0 aromatic rings. The van der Waals surface area contributed by atoms with Gasteiger partial charge in [0.1, 0.15) is 5.54 Å². The Balaban J connectivity index is 2.28. The molecule has 0 aromatic heterocycles. The third kappa shape index (κ3) is 4.53. The number of unbranched alkanes of at least 4 members (excludes halogenated alkanes) is 3. The Morgan fingerprint density at radius 3 is 2.50 bits per heavy atom. The minimum Gasteiger partial charge on any atom is -0.297 e. The van der Waals surface area contributed by atoms with Crippen molar-refractivity contribution in [1.82, 2.24) is 5.32 Å². The zero-order chi connectivity index (χ0) is 11.9. The molecule has 1 N–H and O–H groups in total. The Kier molecular flexibility index (Phi) is 5.84. The van der Waals surface area contributed by atoms with Crippen LogP contribution >= 0.6 is 0 Å². The summed E-state index contributed by atoms with van der Waals surface area (Å²) in [4.78, 5) is 0. The van der Waals surface area contributed by atoms with Gasteiger partial charge in [-0.1, -0.05) is 45.4 Å². The Morgan fingerprint density at radius 1 is 1.25 bits per heavy atom. The number of nitrogens with zero attached hydrogens (tertiary/aromatic N) is 1. The highest BCUT2D eigenvalue weighted by atomic mass is 15.0. The molecule has 0 heterocycles. The SMILES string of the molecule is CCCCCCC(C)(C#N)NC1CCCC1. The van der Waals surface area contributed by atoms with Crippen molar-refractivity contribution in [2.45, 2.75) is 83.2 Å². The monoisotopic (exact) mass is 222 g/mol. The number of nitriles is 1. The van der Waals surface area contributed by atoms with Gasteiger partial charge in [-0.25, -0.2) is 0 Å². The van der Waals surface area contributed by atoms with Crippen LogP contribution in [-0.4, -0.2) is 11.6 Å². The van der Waals surface area contributed by atoms with E-state index < -0.39 is 0 Å². The van der Waals surface area contributed by atoms with E-state index in [2.05, 4.69) is 25.2 Å². The lowest BCUT2D eigenvalue weighted by Crippen LogP contribution is -2.46. The molecular formula is C14H26N2. The summed E-state index contributed by atoms with van der Waals surface area (Å²) in [6, 6.07) is 3.06. The smallest absolute Gasteiger partial charge is 0.104 e. The van der Waals surface area contributed by atoms with Gasteiger partial charge < -0.3 is 0 Å². The highest BCUT2D eigenvalue weighted by Crippen LogP contribution is 2.23. The molecule has 2 nitrogen and oxygen atoms in total. The first-order valence-corrected chi connectivity index (χ1v) is 6.89. The average molecular weight is 222 g/mol. The molecule has 1 aliphatic carbocycles. The van der Waals surface area contributed by atoms with Crippen LogP contribution in [0.15, 0.2) is 0 Å². The average Bonchev–Trinajstić information content (AvgIpc) is 2.77. The molecule has 92 valence electrons. The van der Waals surface area contributed by atoms with Gasteiger partial charge in [0.05, 0.1) is 6.07 Å². The molecule has 16 heavy (non-hydrogen) atoms. The van der Waals surface area contributed by atoms with Crippen LogP contribution in [0.1, 0.15) is 71.6 Å². The zero-order valence-electron chi connectivity index (χ0n) is 10.9. The number of rotatable bonds is 7. The molecule has 0 aliphatic heterocycles. The lowest BCUT2D eigenvalue weighted by molar-refractivity contribution is 0.348. The highest BCUT2D eigenvalue weighted by Gasteiger charge is 2.27. The van der Waals surface area contributed by atoms with E-state index in [-0.39, 0.29) is 5.54 Å². The van der Waals surface area contributed by atoms with E-state index in [9.17, 15) is 5.26 Å². The fraction of sp³-hybridized carbons (Fsp3) is 0.929. The van der Waals surface area contributed by atoms with Crippen LogP contribution in [0.25, 0.3) is 0 Å². The maximum atomic E-state index is 9.29. The number of nitrogens with one attached hydrogen (secondary N) is 1. The van der Waals surface area contributed by atoms with E-state index in [4.69, 9.17) is 0 Å². The molecule has 1 saturated carbocycles. The molecule has 1 rings (SSSR count). The Bertz CT molecular complexity index is 225. The first kappa shape index (κ1) is 13.5. The normalized spacial score (nSPS) is 20.6. The molecule has 1 unspecified atom stereocenters. The third-order valence-corrected chi connectivity index (χ3v) is 3.65. The summed E-state index contributed by atoms with van der Waals surface area (Å²) < 4.78 is 0. The van der Waals surface area contributed by atoms with Gasteiger partial charge in [-0.05, 0) is 26.2 Å². The summed E-state index contributed by atoms with van der Waals surface area (Å²) >= 11 is 0. The van der Waals surface area contributed by atoms with Crippen molar-refractivity contribution in [3.63, 3.8) is 0 Å². The van der Waals surface area contributed by atoms with E-state index in [1.807, 2.05) is 0 Å². The molecule has 0 radical (unpaired) electrons. The molecule has 0 spiro atoms. The van der Waals surface area contributed by atoms with Crippen LogP contribution in [0.5, 0.6) is 0 Å². The first-order chi connectivity index (χ1) is 7.70.